The summed E-state index contributed by atoms with van der Waals surface area (Å²) in [5.74, 6) is 1.05. The molecule has 0 amide bonds. The molecule has 0 saturated carbocycles. The van der Waals surface area contributed by atoms with Crippen LogP contribution in [0.25, 0.3) is 44.0 Å². The van der Waals surface area contributed by atoms with Crippen LogP contribution in [0.15, 0.2) is 78.9 Å². The van der Waals surface area contributed by atoms with Gasteiger partial charge in [-0.2, -0.15) is 0 Å². The molecule has 4 aromatic carbocycles. The Kier molecular flexibility index (Phi) is 3.77. The first kappa shape index (κ1) is 17.0. The molecular weight excluding hydrogens is 340 g/mol. The second-order valence-corrected chi connectivity index (χ2v) is 8.09. The summed E-state index contributed by atoms with van der Waals surface area (Å²) in [6, 6.07) is 27.9. The molecule has 0 fully saturated rings. The molecule has 0 aliphatic heterocycles. The molecule has 0 N–H and O–H groups in total. The first-order chi connectivity index (χ1) is 13.6. The van der Waals surface area contributed by atoms with Crippen LogP contribution in [0.5, 0.6) is 0 Å². The van der Waals surface area contributed by atoms with Gasteiger partial charge in [-0.05, 0) is 31.0 Å². The van der Waals surface area contributed by atoms with Crippen LogP contribution in [-0.2, 0) is 5.54 Å². The molecule has 0 bridgehead atoms. The molecule has 0 spiro atoms. The fourth-order valence-corrected chi connectivity index (χ4v) is 4.23. The van der Waals surface area contributed by atoms with E-state index in [-0.39, 0.29) is 5.54 Å². The van der Waals surface area contributed by atoms with Crippen molar-refractivity contribution < 1.29 is 0 Å². The van der Waals surface area contributed by atoms with Crippen molar-refractivity contribution in [2.24, 2.45) is 0 Å². The molecule has 0 radical (unpaired) electrons. The van der Waals surface area contributed by atoms with E-state index in [1.807, 2.05) is 0 Å². The van der Waals surface area contributed by atoms with Gasteiger partial charge in [0.05, 0.1) is 11.0 Å². The molecule has 28 heavy (non-hydrogen) atoms. The van der Waals surface area contributed by atoms with Gasteiger partial charge in [-0.25, -0.2) is 4.98 Å². The van der Waals surface area contributed by atoms with Crippen molar-refractivity contribution in [2.45, 2.75) is 32.7 Å². The van der Waals surface area contributed by atoms with Crippen molar-refractivity contribution >= 4 is 32.6 Å². The Hall–Kier alpha value is -3.13. The summed E-state index contributed by atoms with van der Waals surface area (Å²) in [5, 5.41) is 5.05. The molecule has 0 atom stereocenters. The zero-order valence-electron chi connectivity index (χ0n) is 16.6. The third kappa shape index (κ3) is 2.37. The van der Waals surface area contributed by atoms with Crippen LogP contribution in [0, 0.1) is 0 Å². The van der Waals surface area contributed by atoms with Gasteiger partial charge < -0.3 is 4.57 Å². The van der Waals surface area contributed by atoms with E-state index in [1.54, 1.807) is 0 Å². The minimum absolute atomic E-state index is 0.0504. The van der Waals surface area contributed by atoms with Gasteiger partial charge in [-0.1, -0.05) is 85.8 Å². The van der Waals surface area contributed by atoms with Crippen LogP contribution in [0.1, 0.15) is 27.2 Å². The number of hydrogen-bond acceptors (Lipinski definition) is 1. The molecule has 2 heteroatoms. The Morgan fingerprint density at radius 1 is 0.714 bits per heavy atom. The molecule has 0 aliphatic rings. The normalized spacial score (nSPS) is 12.2. The Morgan fingerprint density at radius 2 is 1.25 bits per heavy atom. The zero-order chi connectivity index (χ0) is 19.3. The predicted molar refractivity (Wildman–Crippen MR) is 120 cm³/mol. The minimum atomic E-state index is -0.0504. The van der Waals surface area contributed by atoms with Crippen molar-refractivity contribution in [3.63, 3.8) is 0 Å². The highest BCUT2D eigenvalue weighted by Gasteiger charge is 2.27. The third-order valence-electron chi connectivity index (χ3n) is 6.03. The fraction of sp³-hybridized carbons (Fsp3) is 0.192. The Morgan fingerprint density at radius 3 is 1.89 bits per heavy atom. The number of nitrogens with zero attached hydrogens (tertiary/aromatic N) is 2. The first-order valence-electron chi connectivity index (χ1n) is 9.99. The number of hydrogen-bond donors (Lipinski definition) is 0. The summed E-state index contributed by atoms with van der Waals surface area (Å²) in [6.07, 6.45) is 1.03. The summed E-state index contributed by atoms with van der Waals surface area (Å²) in [4.78, 5) is 5.24. The topological polar surface area (TPSA) is 17.8 Å². The van der Waals surface area contributed by atoms with E-state index < -0.39 is 0 Å². The number of rotatable bonds is 3. The lowest BCUT2D eigenvalue weighted by Crippen LogP contribution is -2.26. The van der Waals surface area contributed by atoms with E-state index in [0.29, 0.717) is 0 Å². The monoisotopic (exact) mass is 364 g/mol. The summed E-state index contributed by atoms with van der Waals surface area (Å²) in [7, 11) is 0. The third-order valence-corrected chi connectivity index (χ3v) is 6.03. The molecule has 0 aliphatic carbocycles. The average Bonchev–Trinajstić information content (AvgIpc) is 3.17. The SMILES string of the molecule is CCC(C)(C)n1c(-c2ccccc2)nc2c3ccccc3c3ccccc3c21. The lowest BCUT2D eigenvalue weighted by Gasteiger charge is -2.29. The molecule has 2 nitrogen and oxygen atoms in total. The summed E-state index contributed by atoms with van der Waals surface area (Å²) >= 11 is 0. The maximum atomic E-state index is 5.24. The van der Waals surface area contributed by atoms with Gasteiger partial charge in [0.2, 0.25) is 0 Å². The van der Waals surface area contributed by atoms with Gasteiger partial charge >= 0.3 is 0 Å². The number of fused-ring (bicyclic) bond motifs is 6. The van der Waals surface area contributed by atoms with Gasteiger partial charge in [-0.15, -0.1) is 0 Å². The molecular formula is C26H24N2. The van der Waals surface area contributed by atoms with E-state index in [2.05, 4.69) is 104 Å². The molecule has 5 rings (SSSR count). The van der Waals surface area contributed by atoms with Crippen molar-refractivity contribution in [3.8, 4) is 11.4 Å². The maximum Gasteiger partial charge on any atom is 0.141 e. The lowest BCUT2D eigenvalue weighted by atomic mass is 9.97. The van der Waals surface area contributed by atoms with Gasteiger partial charge in [0, 0.05) is 21.9 Å². The van der Waals surface area contributed by atoms with Crippen LogP contribution in [0.4, 0.5) is 0 Å². The highest BCUT2D eigenvalue weighted by Crippen LogP contribution is 2.40. The summed E-state index contributed by atoms with van der Waals surface area (Å²) in [6.45, 7) is 6.87. The summed E-state index contributed by atoms with van der Waals surface area (Å²) < 4.78 is 2.46. The van der Waals surface area contributed by atoms with Crippen molar-refractivity contribution in [2.75, 3.05) is 0 Å². The first-order valence-corrected chi connectivity index (χ1v) is 9.99. The fourth-order valence-electron chi connectivity index (χ4n) is 4.23. The second-order valence-electron chi connectivity index (χ2n) is 8.09. The quantitative estimate of drug-likeness (QED) is 0.311. The van der Waals surface area contributed by atoms with Crippen molar-refractivity contribution in [1.82, 2.24) is 9.55 Å². The van der Waals surface area contributed by atoms with E-state index in [9.17, 15) is 0 Å². The second kappa shape index (κ2) is 6.20. The van der Waals surface area contributed by atoms with Crippen LogP contribution in [0.3, 0.4) is 0 Å². The number of aromatic nitrogens is 2. The van der Waals surface area contributed by atoms with Crippen LogP contribution < -0.4 is 0 Å². The molecule has 0 saturated heterocycles. The van der Waals surface area contributed by atoms with Crippen LogP contribution in [0.2, 0.25) is 0 Å². The van der Waals surface area contributed by atoms with Gasteiger partial charge in [0.25, 0.3) is 0 Å². The largest absolute Gasteiger partial charge is 0.318 e. The summed E-state index contributed by atoms with van der Waals surface area (Å²) in [5.41, 5.74) is 3.44. The number of benzene rings is 4. The van der Waals surface area contributed by atoms with Gasteiger partial charge in [0.15, 0.2) is 0 Å². The standard InChI is InChI=1S/C26H24N2/c1-4-26(2,3)28-24-22-17-11-9-15-20(22)19-14-8-10-16-21(19)23(24)27-25(28)18-12-6-5-7-13-18/h5-17H,4H2,1-3H3. The smallest absolute Gasteiger partial charge is 0.141 e. The lowest BCUT2D eigenvalue weighted by molar-refractivity contribution is 0.356. The Labute approximate surface area is 165 Å². The minimum Gasteiger partial charge on any atom is -0.318 e. The maximum absolute atomic E-state index is 5.24. The van der Waals surface area contributed by atoms with E-state index in [0.717, 1.165) is 23.3 Å². The average molecular weight is 364 g/mol. The van der Waals surface area contributed by atoms with E-state index >= 15 is 0 Å². The number of imidazole rings is 1. The highest BCUT2D eigenvalue weighted by molar-refractivity contribution is 6.23. The molecule has 1 aromatic heterocycles. The Balaban J connectivity index is 2.07. The molecule has 0 unspecified atom stereocenters. The zero-order valence-corrected chi connectivity index (χ0v) is 16.6. The molecule has 1 heterocycles. The van der Waals surface area contributed by atoms with Gasteiger partial charge in [-0.3, -0.25) is 0 Å². The van der Waals surface area contributed by atoms with Crippen molar-refractivity contribution in [1.29, 1.82) is 0 Å². The van der Waals surface area contributed by atoms with E-state index in [4.69, 9.17) is 4.98 Å². The van der Waals surface area contributed by atoms with Crippen LogP contribution >= 0.6 is 0 Å². The van der Waals surface area contributed by atoms with Crippen molar-refractivity contribution in [3.05, 3.63) is 78.9 Å². The van der Waals surface area contributed by atoms with E-state index in [1.165, 1.54) is 27.1 Å². The van der Waals surface area contributed by atoms with Crippen LogP contribution in [-0.4, -0.2) is 9.55 Å². The molecule has 138 valence electrons. The Bertz CT molecular complexity index is 1310. The van der Waals surface area contributed by atoms with Gasteiger partial charge in [0.1, 0.15) is 5.82 Å². The molecule has 5 aromatic rings. The highest BCUT2D eigenvalue weighted by atomic mass is 15.1. The predicted octanol–water partition coefficient (Wildman–Crippen LogP) is 7.15.